The Kier molecular flexibility index (Phi) is 5.66. The van der Waals surface area contributed by atoms with Gasteiger partial charge < -0.3 is 0 Å². The number of carbonyl (C=O) groups excluding carboxylic acids is 1. The third kappa shape index (κ3) is 4.24. The second kappa shape index (κ2) is 5.94. The maximum atomic E-state index is 11.2. The smallest absolute Gasteiger partial charge is 0.250 e. The van der Waals surface area contributed by atoms with Crippen molar-refractivity contribution < 1.29 is 4.79 Å². The molecule has 78 valence electrons. The number of likely N-dealkylation sites (N-methyl/N-ethyl adjacent to an activating group) is 1. The number of hydrazine groups is 1. The third-order valence-corrected chi connectivity index (χ3v) is 2.08. The van der Waals surface area contributed by atoms with Crippen molar-refractivity contribution in [3.8, 4) is 0 Å². The van der Waals surface area contributed by atoms with Crippen molar-refractivity contribution in [2.24, 2.45) is 11.8 Å². The summed E-state index contributed by atoms with van der Waals surface area (Å²) in [5.41, 5.74) is 2.17. The maximum absolute atomic E-state index is 11.2. The molecular weight excluding hydrogens is 166 g/mol. The Morgan fingerprint density at radius 2 is 2.00 bits per heavy atom. The number of hydrogen-bond donors (Lipinski definition) is 2. The van der Waals surface area contributed by atoms with Crippen LogP contribution in [0.25, 0.3) is 0 Å². The van der Waals surface area contributed by atoms with Crippen molar-refractivity contribution in [2.45, 2.75) is 33.7 Å². The number of carbonyl (C=O) groups is 1. The Morgan fingerprint density at radius 1 is 1.46 bits per heavy atom. The van der Waals surface area contributed by atoms with Crippen molar-refractivity contribution in [3.63, 3.8) is 0 Å². The van der Waals surface area contributed by atoms with Crippen LogP contribution in [0.2, 0.25) is 0 Å². The topological polar surface area (TPSA) is 58.4 Å². The molecule has 1 amide bonds. The summed E-state index contributed by atoms with van der Waals surface area (Å²) in [6, 6.07) is -0.141. The summed E-state index contributed by atoms with van der Waals surface area (Å²) < 4.78 is 0. The average molecular weight is 187 g/mol. The number of nitrogens with one attached hydrogen (secondary N) is 1. The highest BCUT2D eigenvalue weighted by molar-refractivity contribution is 5.80. The van der Waals surface area contributed by atoms with Gasteiger partial charge in [-0.25, -0.2) is 5.84 Å². The van der Waals surface area contributed by atoms with E-state index in [9.17, 15) is 4.79 Å². The van der Waals surface area contributed by atoms with Crippen LogP contribution in [0.15, 0.2) is 0 Å². The Hall–Kier alpha value is -0.610. The van der Waals surface area contributed by atoms with Gasteiger partial charge in [0.25, 0.3) is 5.91 Å². The molecule has 0 fully saturated rings. The van der Waals surface area contributed by atoms with Crippen molar-refractivity contribution in [1.29, 1.82) is 0 Å². The molecule has 13 heavy (non-hydrogen) atoms. The lowest BCUT2D eigenvalue weighted by atomic mass is 10.1. The lowest BCUT2D eigenvalue weighted by molar-refractivity contribution is -0.126. The lowest BCUT2D eigenvalue weighted by Gasteiger charge is -2.27. The SMILES string of the molecule is CCN(CC(C)C)C(C)C(=O)NN. The van der Waals surface area contributed by atoms with Crippen LogP contribution in [-0.2, 0) is 4.79 Å². The number of nitrogens with zero attached hydrogens (tertiary/aromatic N) is 1. The van der Waals surface area contributed by atoms with Gasteiger partial charge in [-0.1, -0.05) is 20.8 Å². The number of amides is 1. The van der Waals surface area contributed by atoms with Crippen LogP contribution in [0.1, 0.15) is 27.7 Å². The normalized spacial score (nSPS) is 13.5. The monoisotopic (exact) mass is 187 g/mol. The molecule has 0 aliphatic heterocycles. The van der Waals surface area contributed by atoms with E-state index in [1.54, 1.807) is 0 Å². The first-order chi connectivity index (χ1) is 6.02. The van der Waals surface area contributed by atoms with Gasteiger partial charge in [0.1, 0.15) is 0 Å². The number of rotatable bonds is 5. The first kappa shape index (κ1) is 12.4. The minimum Gasteiger partial charge on any atom is -0.293 e. The molecule has 0 spiro atoms. The molecule has 1 unspecified atom stereocenters. The van der Waals surface area contributed by atoms with Gasteiger partial charge >= 0.3 is 0 Å². The first-order valence-electron chi connectivity index (χ1n) is 4.77. The molecule has 4 heteroatoms. The van der Waals surface area contributed by atoms with Gasteiger partial charge in [-0.15, -0.1) is 0 Å². The maximum Gasteiger partial charge on any atom is 0.250 e. The molecule has 0 heterocycles. The zero-order valence-electron chi connectivity index (χ0n) is 9.00. The van der Waals surface area contributed by atoms with E-state index in [2.05, 4.69) is 24.2 Å². The van der Waals surface area contributed by atoms with Crippen LogP contribution < -0.4 is 11.3 Å². The molecule has 0 saturated carbocycles. The van der Waals surface area contributed by atoms with Crippen molar-refractivity contribution in [1.82, 2.24) is 10.3 Å². The van der Waals surface area contributed by atoms with Crippen molar-refractivity contribution >= 4 is 5.91 Å². The molecule has 0 rings (SSSR count). The van der Waals surface area contributed by atoms with Crippen LogP contribution >= 0.6 is 0 Å². The molecule has 4 nitrogen and oxygen atoms in total. The molecule has 0 aromatic rings. The Morgan fingerprint density at radius 3 is 2.31 bits per heavy atom. The van der Waals surface area contributed by atoms with E-state index in [-0.39, 0.29) is 11.9 Å². The molecule has 0 aromatic heterocycles. The summed E-state index contributed by atoms with van der Waals surface area (Å²) in [7, 11) is 0. The highest BCUT2D eigenvalue weighted by Gasteiger charge is 2.19. The van der Waals surface area contributed by atoms with Gasteiger partial charge in [0.15, 0.2) is 0 Å². The standard InChI is InChI=1S/C9H21N3O/c1-5-12(6-7(2)3)8(4)9(13)11-10/h7-8H,5-6,10H2,1-4H3,(H,11,13). The molecule has 0 aromatic carbocycles. The second-order valence-electron chi connectivity index (χ2n) is 3.67. The van der Waals surface area contributed by atoms with Gasteiger partial charge in [0.2, 0.25) is 0 Å². The molecular formula is C9H21N3O. The van der Waals surface area contributed by atoms with Gasteiger partial charge in [-0.05, 0) is 19.4 Å². The van der Waals surface area contributed by atoms with E-state index in [1.807, 2.05) is 13.8 Å². The first-order valence-corrected chi connectivity index (χ1v) is 4.77. The molecule has 0 saturated heterocycles. The Labute approximate surface area is 80.4 Å². The van der Waals surface area contributed by atoms with E-state index in [0.717, 1.165) is 13.1 Å². The van der Waals surface area contributed by atoms with Gasteiger partial charge in [-0.3, -0.25) is 15.1 Å². The number of hydrogen-bond acceptors (Lipinski definition) is 3. The lowest BCUT2D eigenvalue weighted by Crippen LogP contribution is -2.48. The fourth-order valence-electron chi connectivity index (χ4n) is 1.32. The Balaban J connectivity index is 4.14. The summed E-state index contributed by atoms with van der Waals surface area (Å²) in [4.78, 5) is 13.3. The quantitative estimate of drug-likeness (QED) is 0.371. The fourth-order valence-corrected chi connectivity index (χ4v) is 1.32. The summed E-state index contributed by atoms with van der Waals surface area (Å²) in [5.74, 6) is 5.51. The van der Waals surface area contributed by atoms with Crippen LogP contribution in [0.5, 0.6) is 0 Å². The van der Waals surface area contributed by atoms with Crippen LogP contribution in [0, 0.1) is 5.92 Å². The molecule has 0 aliphatic carbocycles. The van der Waals surface area contributed by atoms with Crippen molar-refractivity contribution in [3.05, 3.63) is 0 Å². The van der Waals surface area contributed by atoms with E-state index >= 15 is 0 Å². The fraction of sp³-hybridized carbons (Fsp3) is 0.889. The van der Waals surface area contributed by atoms with E-state index in [1.165, 1.54) is 0 Å². The van der Waals surface area contributed by atoms with E-state index < -0.39 is 0 Å². The van der Waals surface area contributed by atoms with Crippen LogP contribution in [0.3, 0.4) is 0 Å². The van der Waals surface area contributed by atoms with Gasteiger partial charge in [0.05, 0.1) is 6.04 Å². The summed E-state index contributed by atoms with van der Waals surface area (Å²) in [6.45, 7) is 9.97. The zero-order valence-corrected chi connectivity index (χ0v) is 9.00. The number of nitrogens with two attached hydrogens (primary N) is 1. The summed E-state index contributed by atoms with van der Waals surface area (Å²) in [5, 5.41) is 0. The average Bonchev–Trinajstić information content (AvgIpc) is 2.11. The summed E-state index contributed by atoms with van der Waals surface area (Å²) in [6.07, 6.45) is 0. The summed E-state index contributed by atoms with van der Waals surface area (Å²) >= 11 is 0. The molecule has 0 aliphatic rings. The van der Waals surface area contributed by atoms with E-state index in [0.29, 0.717) is 5.92 Å². The second-order valence-corrected chi connectivity index (χ2v) is 3.67. The van der Waals surface area contributed by atoms with Gasteiger partial charge in [0, 0.05) is 6.54 Å². The minimum atomic E-state index is -0.141. The van der Waals surface area contributed by atoms with Crippen LogP contribution in [-0.4, -0.2) is 29.9 Å². The minimum absolute atomic E-state index is 0.123. The predicted octanol–water partition coefficient (Wildman–Crippen LogP) is 0.343. The Bertz CT molecular complexity index is 159. The van der Waals surface area contributed by atoms with E-state index in [4.69, 9.17) is 5.84 Å². The highest BCUT2D eigenvalue weighted by Crippen LogP contribution is 2.03. The van der Waals surface area contributed by atoms with Gasteiger partial charge in [-0.2, -0.15) is 0 Å². The highest BCUT2D eigenvalue weighted by atomic mass is 16.2. The molecule has 0 radical (unpaired) electrons. The third-order valence-electron chi connectivity index (χ3n) is 2.08. The molecule has 1 atom stereocenters. The largest absolute Gasteiger partial charge is 0.293 e. The zero-order chi connectivity index (χ0) is 10.4. The predicted molar refractivity (Wildman–Crippen MR) is 53.9 cm³/mol. The van der Waals surface area contributed by atoms with Crippen LogP contribution in [0.4, 0.5) is 0 Å². The van der Waals surface area contributed by atoms with Crippen molar-refractivity contribution in [2.75, 3.05) is 13.1 Å². The molecule has 0 bridgehead atoms. The molecule has 3 N–H and O–H groups in total.